The molecule has 5 rings (SSSR count). The summed E-state index contributed by atoms with van der Waals surface area (Å²) in [5.74, 6) is -4.57. The lowest BCUT2D eigenvalue weighted by Crippen LogP contribution is -2.62. The number of carbonyl (C=O) groups is 3. The highest BCUT2D eigenvalue weighted by Gasteiger charge is 2.57. The van der Waals surface area contributed by atoms with E-state index in [2.05, 4.69) is 15.4 Å². The summed E-state index contributed by atoms with van der Waals surface area (Å²) >= 11 is 6.05. The van der Waals surface area contributed by atoms with Crippen LogP contribution in [-0.4, -0.2) is 46.6 Å². The molecule has 1 heterocycles. The summed E-state index contributed by atoms with van der Waals surface area (Å²) in [4.78, 5) is 39.8. The third-order valence-corrected chi connectivity index (χ3v) is 8.01. The minimum Gasteiger partial charge on any atom is -0.480 e. The SMILES string of the molecule is O=C(CC(NC1CC1)(C(=O)O)C1c2ccccc2N[C@@H]2CCC[C@H]12)C(=O)c1ccc(OC(F)(F)F)cc1Cl. The van der Waals surface area contributed by atoms with Gasteiger partial charge in [0.2, 0.25) is 11.6 Å². The standard InChI is InChI=1S/C27H26ClF3N2O5/c28-19-12-15(38-27(29,30)31)10-11-16(19)24(35)22(34)13-26(25(36)37,33-14-8-9-14)23-17-4-1-2-6-20(17)32-21-7-3-5-18(21)23/h1-2,4,6,10-12,14,18,21,23,32-33H,3,5,7-9,13H2,(H,36,37)/t18-,21+,23?,26?/m0/s1. The second-order valence-corrected chi connectivity index (χ2v) is 10.6. The molecular weight excluding hydrogens is 525 g/mol. The normalized spacial score (nSPS) is 23.9. The number of para-hydroxylation sites is 1. The molecule has 202 valence electrons. The molecule has 11 heteroatoms. The number of carboxylic acids is 1. The van der Waals surface area contributed by atoms with Gasteiger partial charge in [0.05, 0.1) is 5.02 Å². The second-order valence-electron chi connectivity index (χ2n) is 10.2. The van der Waals surface area contributed by atoms with Crippen molar-refractivity contribution in [3.05, 3.63) is 58.6 Å². The van der Waals surface area contributed by atoms with Gasteiger partial charge >= 0.3 is 12.3 Å². The maximum Gasteiger partial charge on any atom is 0.573 e. The maximum atomic E-state index is 13.4. The molecule has 38 heavy (non-hydrogen) atoms. The fraction of sp³-hybridized carbons (Fsp3) is 0.444. The molecule has 1 aliphatic heterocycles. The van der Waals surface area contributed by atoms with Crippen molar-refractivity contribution in [3.63, 3.8) is 0 Å². The Balaban J connectivity index is 1.50. The van der Waals surface area contributed by atoms with E-state index in [1.54, 1.807) is 0 Å². The zero-order valence-corrected chi connectivity index (χ0v) is 20.9. The summed E-state index contributed by atoms with van der Waals surface area (Å²) in [7, 11) is 0. The Bertz CT molecular complexity index is 1280. The Kier molecular flexibility index (Phi) is 6.89. The minimum atomic E-state index is -4.95. The Hall–Kier alpha value is -3.11. The number of ether oxygens (including phenoxy) is 1. The Morgan fingerprint density at radius 1 is 1.08 bits per heavy atom. The van der Waals surface area contributed by atoms with Crippen molar-refractivity contribution in [2.45, 2.75) is 68.4 Å². The number of carboxylic acid groups (broad SMARTS) is 1. The number of rotatable bonds is 9. The van der Waals surface area contributed by atoms with E-state index in [4.69, 9.17) is 11.6 Å². The fourth-order valence-electron chi connectivity index (χ4n) is 6.00. The number of hydrogen-bond donors (Lipinski definition) is 3. The molecule has 2 fully saturated rings. The molecule has 0 spiro atoms. The van der Waals surface area contributed by atoms with E-state index in [-0.39, 0.29) is 23.6 Å². The topological polar surface area (TPSA) is 105 Å². The number of ketones is 2. The van der Waals surface area contributed by atoms with Crippen LogP contribution in [0, 0.1) is 5.92 Å². The lowest BCUT2D eigenvalue weighted by Gasteiger charge is -2.46. The Labute approximate surface area is 221 Å². The number of halogens is 4. The number of anilines is 1. The molecule has 4 atom stereocenters. The van der Waals surface area contributed by atoms with E-state index in [1.807, 2.05) is 24.3 Å². The number of carbonyl (C=O) groups excluding carboxylic acids is 2. The summed E-state index contributed by atoms with van der Waals surface area (Å²) in [5.41, 5.74) is -0.490. The van der Waals surface area contributed by atoms with Gasteiger partial charge in [0, 0.05) is 35.7 Å². The van der Waals surface area contributed by atoms with E-state index in [0.29, 0.717) is 0 Å². The highest BCUT2D eigenvalue weighted by Crippen LogP contribution is 2.52. The van der Waals surface area contributed by atoms with Crippen molar-refractivity contribution >= 4 is 34.8 Å². The Morgan fingerprint density at radius 3 is 2.47 bits per heavy atom. The first kappa shape index (κ1) is 26.5. The highest BCUT2D eigenvalue weighted by atomic mass is 35.5. The van der Waals surface area contributed by atoms with Crippen LogP contribution in [0.5, 0.6) is 5.75 Å². The molecule has 2 saturated carbocycles. The number of aliphatic carboxylic acids is 1. The monoisotopic (exact) mass is 550 g/mol. The molecule has 7 nitrogen and oxygen atoms in total. The molecule has 0 saturated heterocycles. The number of fused-ring (bicyclic) bond motifs is 2. The van der Waals surface area contributed by atoms with Crippen LogP contribution in [0.1, 0.15) is 60.4 Å². The molecule has 0 amide bonds. The van der Waals surface area contributed by atoms with Crippen molar-refractivity contribution in [1.82, 2.24) is 5.32 Å². The maximum absolute atomic E-state index is 13.4. The van der Waals surface area contributed by atoms with Crippen molar-refractivity contribution in [2.75, 3.05) is 5.32 Å². The zero-order valence-electron chi connectivity index (χ0n) is 20.2. The summed E-state index contributed by atoms with van der Waals surface area (Å²) in [5, 5.41) is 17.1. The average molecular weight is 551 g/mol. The lowest BCUT2D eigenvalue weighted by molar-refractivity contribution is -0.274. The van der Waals surface area contributed by atoms with Crippen LogP contribution in [0.2, 0.25) is 5.02 Å². The van der Waals surface area contributed by atoms with Gasteiger partial charge in [-0.1, -0.05) is 36.2 Å². The predicted octanol–water partition coefficient (Wildman–Crippen LogP) is 5.33. The number of nitrogens with one attached hydrogen (secondary N) is 2. The minimum absolute atomic E-state index is 0.0380. The van der Waals surface area contributed by atoms with E-state index >= 15 is 0 Å². The molecular formula is C27H26ClF3N2O5. The number of Topliss-reactive ketones (excluding diaryl/α,β-unsaturated/α-hetero) is 2. The number of hydrogen-bond acceptors (Lipinski definition) is 6. The van der Waals surface area contributed by atoms with Crippen molar-refractivity contribution in [2.24, 2.45) is 5.92 Å². The Morgan fingerprint density at radius 2 is 1.82 bits per heavy atom. The first-order valence-electron chi connectivity index (χ1n) is 12.5. The van der Waals surface area contributed by atoms with Crippen molar-refractivity contribution in [3.8, 4) is 5.75 Å². The first-order chi connectivity index (χ1) is 18.0. The van der Waals surface area contributed by atoms with Gasteiger partial charge in [0.25, 0.3) is 0 Å². The van der Waals surface area contributed by atoms with Gasteiger partial charge < -0.3 is 15.2 Å². The van der Waals surface area contributed by atoms with Crippen LogP contribution in [0.25, 0.3) is 0 Å². The smallest absolute Gasteiger partial charge is 0.480 e. The van der Waals surface area contributed by atoms with E-state index in [1.165, 1.54) is 0 Å². The third-order valence-electron chi connectivity index (χ3n) is 7.70. The largest absolute Gasteiger partial charge is 0.573 e. The van der Waals surface area contributed by atoms with Crippen LogP contribution >= 0.6 is 11.6 Å². The molecule has 2 unspecified atom stereocenters. The molecule has 3 N–H and O–H groups in total. The third kappa shape index (κ3) is 5.11. The number of alkyl halides is 3. The van der Waals surface area contributed by atoms with Crippen LogP contribution in [0.3, 0.4) is 0 Å². The summed E-state index contributed by atoms with van der Waals surface area (Å²) < 4.78 is 41.5. The average Bonchev–Trinajstić information content (AvgIpc) is 3.54. The van der Waals surface area contributed by atoms with Gasteiger partial charge in [-0.05, 0) is 61.4 Å². The molecule has 0 bridgehead atoms. The van der Waals surface area contributed by atoms with Gasteiger partial charge in [0.15, 0.2) is 0 Å². The molecule has 0 aromatic heterocycles. The van der Waals surface area contributed by atoms with E-state index < -0.39 is 52.5 Å². The van der Waals surface area contributed by atoms with Crippen LogP contribution in [0.4, 0.5) is 18.9 Å². The summed E-state index contributed by atoms with van der Waals surface area (Å²) in [6.07, 6.45) is -1.54. The van der Waals surface area contributed by atoms with Gasteiger partial charge in [-0.25, -0.2) is 0 Å². The van der Waals surface area contributed by atoms with Crippen molar-refractivity contribution in [1.29, 1.82) is 0 Å². The van der Waals surface area contributed by atoms with Crippen LogP contribution in [-0.2, 0) is 9.59 Å². The lowest BCUT2D eigenvalue weighted by atomic mass is 9.65. The quantitative estimate of drug-likeness (QED) is 0.286. The highest BCUT2D eigenvalue weighted by molar-refractivity contribution is 6.48. The molecule has 2 aliphatic carbocycles. The van der Waals surface area contributed by atoms with Gasteiger partial charge in [-0.3, -0.25) is 19.7 Å². The molecule has 3 aliphatic rings. The van der Waals surface area contributed by atoms with Crippen LogP contribution < -0.4 is 15.4 Å². The van der Waals surface area contributed by atoms with Gasteiger partial charge in [0.1, 0.15) is 11.3 Å². The van der Waals surface area contributed by atoms with Crippen molar-refractivity contribution < 1.29 is 37.4 Å². The fourth-order valence-corrected chi connectivity index (χ4v) is 6.26. The molecule has 0 radical (unpaired) electrons. The van der Waals surface area contributed by atoms with E-state index in [9.17, 15) is 32.7 Å². The predicted molar refractivity (Wildman–Crippen MR) is 133 cm³/mol. The molecule has 2 aromatic carbocycles. The van der Waals surface area contributed by atoms with Gasteiger partial charge in [-0.15, -0.1) is 13.2 Å². The zero-order chi connectivity index (χ0) is 27.2. The first-order valence-corrected chi connectivity index (χ1v) is 12.9. The number of benzene rings is 2. The van der Waals surface area contributed by atoms with E-state index in [0.717, 1.165) is 61.6 Å². The molecule has 2 aromatic rings. The van der Waals surface area contributed by atoms with Gasteiger partial charge in [-0.2, -0.15) is 0 Å². The second kappa shape index (κ2) is 9.89. The summed E-state index contributed by atoms with van der Waals surface area (Å²) in [6.45, 7) is 0. The summed E-state index contributed by atoms with van der Waals surface area (Å²) in [6, 6.07) is 10.0. The van der Waals surface area contributed by atoms with Crippen LogP contribution in [0.15, 0.2) is 42.5 Å².